The molecule has 1 fully saturated rings. The molecule has 0 bridgehead atoms. The van der Waals surface area contributed by atoms with Gasteiger partial charge in [0.25, 0.3) is 5.91 Å². The Morgan fingerprint density at radius 2 is 1.87 bits per heavy atom. The average Bonchev–Trinajstić information content (AvgIpc) is 2.55. The number of likely N-dealkylation sites (tertiary alicyclic amines) is 1. The number of halogens is 3. The summed E-state index contributed by atoms with van der Waals surface area (Å²) in [6, 6.07) is 2.96. The SMILES string of the molecule is CC[NH+]1CCC(=NNC(=O)COc2cc(Cl)c(Cl)cc2Cl)CC1. The van der Waals surface area contributed by atoms with Crippen molar-refractivity contribution in [2.75, 3.05) is 26.2 Å². The molecule has 1 heterocycles. The number of nitrogens with one attached hydrogen (secondary N) is 2. The van der Waals surface area contributed by atoms with Gasteiger partial charge in [0.05, 0.1) is 34.7 Å². The monoisotopic (exact) mass is 378 g/mol. The van der Waals surface area contributed by atoms with Gasteiger partial charge in [0, 0.05) is 24.6 Å². The standard InChI is InChI=1S/C15H18Cl3N3O2/c1-2-21-5-3-10(4-6-21)19-20-15(22)9-23-14-8-12(17)11(16)7-13(14)18/h7-8H,2-6,9H2,1H3,(H,20,22)/p+1. The molecule has 23 heavy (non-hydrogen) atoms. The first-order valence-corrected chi connectivity index (χ1v) is 8.58. The van der Waals surface area contributed by atoms with Gasteiger partial charge in [-0.1, -0.05) is 34.8 Å². The van der Waals surface area contributed by atoms with Gasteiger partial charge in [-0.3, -0.25) is 4.79 Å². The third kappa shape index (κ3) is 5.53. The summed E-state index contributed by atoms with van der Waals surface area (Å²) in [5.41, 5.74) is 3.53. The number of hydrogen-bond acceptors (Lipinski definition) is 3. The number of benzene rings is 1. The Kier molecular flexibility index (Phi) is 6.96. The second-order valence-electron chi connectivity index (χ2n) is 5.30. The summed E-state index contributed by atoms with van der Waals surface area (Å²) in [6.45, 7) is 5.21. The highest BCUT2D eigenvalue weighted by atomic mass is 35.5. The number of piperidine rings is 1. The molecule has 1 aliphatic heterocycles. The number of hydrazone groups is 1. The number of hydrogen-bond donors (Lipinski definition) is 2. The summed E-state index contributed by atoms with van der Waals surface area (Å²) < 4.78 is 5.35. The lowest BCUT2D eigenvalue weighted by Crippen LogP contribution is -3.12. The van der Waals surface area contributed by atoms with Gasteiger partial charge in [-0.25, -0.2) is 5.43 Å². The molecule has 2 N–H and O–H groups in total. The van der Waals surface area contributed by atoms with Crippen molar-refractivity contribution in [3.63, 3.8) is 0 Å². The van der Waals surface area contributed by atoms with Gasteiger partial charge in [0.2, 0.25) is 0 Å². The van der Waals surface area contributed by atoms with Crippen LogP contribution < -0.4 is 15.1 Å². The van der Waals surface area contributed by atoms with E-state index in [9.17, 15) is 4.79 Å². The predicted molar refractivity (Wildman–Crippen MR) is 93.0 cm³/mol. The van der Waals surface area contributed by atoms with E-state index in [0.29, 0.717) is 20.8 Å². The first-order valence-electron chi connectivity index (χ1n) is 7.44. The van der Waals surface area contributed by atoms with Gasteiger partial charge in [0.1, 0.15) is 5.75 Å². The Balaban J connectivity index is 1.81. The number of amides is 1. The van der Waals surface area contributed by atoms with Crippen molar-refractivity contribution in [3.8, 4) is 5.75 Å². The minimum Gasteiger partial charge on any atom is -0.482 e. The predicted octanol–water partition coefficient (Wildman–Crippen LogP) is 2.20. The maximum Gasteiger partial charge on any atom is 0.277 e. The van der Waals surface area contributed by atoms with Crippen molar-refractivity contribution in [2.45, 2.75) is 19.8 Å². The number of quaternary nitrogens is 1. The van der Waals surface area contributed by atoms with Crippen LogP contribution in [0.2, 0.25) is 15.1 Å². The van der Waals surface area contributed by atoms with Crippen LogP contribution in [-0.2, 0) is 4.79 Å². The summed E-state index contributed by atoms with van der Waals surface area (Å²) in [4.78, 5) is 13.4. The molecule has 126 valence electrons. The van der Waals surface area contributed by atoms with Crippen molar-refractivity contribution in [1.82, 2.24) is 5.43 Å². The third-order valence-electron chi connectivity index (χ3n) is 3.71. The molecule has 0 unspecified atom stereocenters. The van der Waals surface area contributed by atoms with Crippen molar-refractivity contribution in [1.29, 1.82) is 0 Å². The zero-order valence-corrected chi connectivity index (χ0v) is 15.1. The zero-order valence-electron chi connectivity index (χ0n) is 12.8. The van der Waals surface area contributed by atoms with Gasteiger partial charge >= 0.3 is 0 Å². The maximum absolute atomic E-state index is 11.8. The lowest BCUT2D eigenvalue weighted by Gasteiger charge is -2.23. The fraction of sp³-hybridized carbons (Fsp3) is 0.467. The normalized spacial score (nSPS) is 17.7. The van der Waals surface area contributed by atoms with E-state index in [-0.39, 0.29) is 12.5 Å². The molecule has 2 rings (SSSR count). The van der Waals surface area contributed by atoms with Crippen LogP contribution in [0.15, 0.2) is 17.2 Å². The fourth-order valence-corrected chi connectivity index (χ4v) is 2.88. The zero-order chi connectivity index (χ0) is 16.8. The second kappa shape index (κ2) is 8.73. The number of carbonyl (C=O) groups excluding carboxylic acids is 1. The average molecular weight is 380 g/mol. The van der Waals surface area contributed by atoms with E-state index in [2.05, 4.69) is 17.5 Å². The van der Waals surface area contributed by atoms with E-state index in [1.807, 2.05) is 0 Å². The minimum absolute atomic E-state index is 0.194. The Hall–Kier alpha value is -1.01. The van der Waals surface area contributed by atoms with Crippen LogP contribution in [0.5, 0.6) is 5.75 Å². The van der Waals surface area contributed by atoms with Gasteiger partial charge in [-0.15, -0.1) is 0 Å². The molecule has 1 aromatic rings. The molecular formula is C15H19Cl3N3O2+. The van der Waals surface area contributed by atoms with Crippen LogP contribution in [0.1, 0.15) is 19.8 Å². The summed E-state index contributed by atoms with van der Waals surface area (Å²) in [7, 11) is 0. The Morgan fingerprint density at radius 3 is 2.52 bits per heavy atom. The molecule has 1 amide bonds. The molecule has 0 atom stereocenters. The van der Waals surface area contributed by atoms with E-state index in [4.69, 9.17) is 39.5 Å². The molecule has 1 saturated heterocycles. The number of rotatable bonds is 5. The summed E-state index contributed by atoms with van der Waals surface area (Å²) in [6.07, 6.45) is 1.81. The van der Waals surface area contributed by atoms with E-state index in [0.717, 1.165) is 38.2 Å². The number of nitrogens with zero attached hydrogens (tertiary/aromatic N) is 1. The van der Waals surface area contributed by atoms with Crippen molar-refractivity contribution >= 4 is 46.4 Å². The van der Waals surface area contributed by atoms with Crippen molar-refractivity contribution in [2.24, 2.45) is 5.10 Å². The molecule has 0 aromatic heterocycles. The van der Waals surface area contributed by atoms with E-state index >= 15 is 0 Å². The van der Waals surface area contributed by atoms with Gasteiger partial charge in [-0.2, -0.15) is 5.10 Å². The molecular weight excluding hydrogens is 361 g/mol. The molecule has 8 heteroatoms. The quantitative estimate of drug-likeness (QED) is 0.609. The lowest BCUT2D eigenvalue weighted by atomic mass is 10.1. The largest absolute Gasteiger partial charge is 0.482 e. The summed E-state index contributed by atoms with van der Waals surface area (Å²) in [5.74, 6) is -0.0337. The highest BCUT2D eigenvalue weighted by Crippen LogP contribution is 2.33. The molecule has 1 aromatic carbocycles. The Bertz CT molecular complexity index is 598. The van der Waals surface area contributed by atoms with Crippen LogP contribution >= 0.6 is 34.8 Å². The van der Waals surface area contributed by atoms with Crippen LogP contribution in [0.25, 0.3) is 0 Å². The first-order chi connectivity index (χ1) is 11.0. The van der Waals surface area contributed by atoms with Crippen LogP contribution in [0.3, 0.4) is 0 Å². The van der Waals surface area contributed by atoms with E-state index in [1.165, 1.54) is 12.1 Å². The molecule has 0 aliphatic carbocycles. The van der Waals surface area contributed by atoms with Crippen LogP contribution in [0.4, 0.5) is 0 Å². The minimum atomic E-state index is -0.343. The molecule has 0 spiro atoms. The highest BCUT2D eigenvalue weighted by molar-refractivity contribution is 6.43. The van der Waals surface area contributed by atoms with E-state index in [1.54, 1.807) is 4.90 Å². The Labute approximate surface area is 150 Å². The van der Waals surface area contributed by atoms with Gasteiger partial charge < -0.3 is 9.64 Å². The lowest BCUT2D eigenvalue weighted by molar-refractivity contribution is -0.899. The Morgan fingerprint density at radius 1 is 1.22 bits per heavy atom. The first kappa shape index (κ1) is 18.3. The fourth-order valence-electron chi connectivity index (χ4n) is 2.29. The summed E-state index contributed by atoms with van der Waals surface area (Å²) in [5, 5.41) is 5.11. The number of ether oxygens (including phenoxy) is 1. The van der Waals surface area contributed by atoms with E-state index < -0.39 is 0 Å². The van der Waals surface area contributed by atoms with Gasteiger partial charge in [0.15, 0.2) is 6.61 Å². The van der Waals surface area contributed by atoms with Crippen molar-refractivity contribution < 1.29 is 14.4 Å². The second-order valence-corrected chi connectivity index (χ2v) is 6.52. The number of carbonyl (C=O) groups is 1. The molecule has 5 nitrogen and oxygen atoms in total. The smallest absolute Gasteiger partial charge is 0.277 e. The van der Waals surface area contributed by atoms with Crippen LogP contribution in [-0.4, -0.2) is 37.9 Å². The van der Waals surface area contributed by atoms with Crippen LogP contribution in [0, 0.1) is 0 Å². The molecule has 1 aliphatic rings. The van der Waals surface area contributed by atoms with Gasteiger partial charge in [-0.05, 0) is 13.0 Å². The highest BCUT2D eigenvalue weighted by Gasteiger charge is 2.16. The topological polar surface area (TPSA) is 55.1 Å². The maximum atomic E-state index is 11.8. The summed E-state index contributed by atoms with van der Waals surface area (Å²) >= 11 is 17.7. The molecule has 0 saturated carbocycles. The molecule has 0 radical (unpaired) electrons. The van der Waals surface area contributed by atoms with Crippen molar-refractivity contribution in [3.05, 3.63) is 27.2 Å². The third-order valence-corrected chi connectivity index (χ3v) is 4.72.